The Hall–Kier alpha value is -1.55. The third-order valence-electron chi connectivity index (χ3n) is 1.72. The molecule has 0 bridgehead atoms. The van der Waals surface area contributed by atoms with Crippen molar-refractivity contribution in [1.29, 1.82) is 0 Å². The van der Waals surface area contributed by atoms with Crippen LogP contribution in [0.1, 0.15) is 10.4 Å². The van der Waals surface area contributed by atoms with Gasteiger partial charge in [-0.15, -0.1) is 0 Å². The molecular weight excluding hydrogens is 192 g/mol. The highest BCUT2D eigenvalue weighted by Gasteiger charge is 2.08. The molecule has 1 N–H and O–H groups in total. The van der Waals surface area contributed by atoms with E-state index in [9.17, 15) is 4.79 Å². The van der Waals surface area contributed by atoms with Gasteiger partial charge in [-0.25, -0.2) is 9.78 Å². The average Bonchev–Trinajstić information content (AvgIpc) is 2.49. The highest BCUT2D eigenvalue weighted by atomic mass is 35.5. The van der Waals surface area contributed by atoms with Crippen molar-refractivity contribution < 1.29 is 9.90 Å². The number of aromatic nitrogens is 2. The van der Waals surface area contributed by atoms with Crippen LogP contribution in [0, 0.1) is 0 Å². The molecule has 0 unspecified atom stereocenters. The number of halogens is 1. The van der Waals surface area contributed by atoms with Gasteiger partial charge < -0.3 is 9.51 Å². The molecular formula is C8H5ClN2O2. The van der Waals surface area contributed by atoms with E-state index < -0.39 is 5.97 Å². The van der Waals surface area contributed by atoms with Crippen LogP contribution in [0.3, 0.4) is 0 Å². The van der Waals surface area contributed by atoms with Crippen molar-refractivity contribution in [2.75, 3.05) is 0 Å². The van der Waals surface area contributed by atoms with Crippen molar-refractivity contribution in [3.63, 3.8) is 0 Å². The number of fused-ring (bicyclic) bond motifs is 1. The van der Waals surface area contributed by atoms with Crippen molar-refractivity contribution in [3.8, 4) is 0 Å². The van der Waals surface area contributed by atoms with Crippen LogP contribution in [0.2, 0.25) is 5.15 Å². The highest BCUT2D eigenvalue weighted by Crippen LogP contribution is 2.16. The fraction of sp³-hybridized carbons (Fsp3) is 0. The number of hydrogen-bond acceptors (Lipinski definition) is 2. The molecule has 0 saturated carbocycles. The molecule has 4 nitrogen and oxygen atoms in total. The maximum Gasteiger partial charge on any atom is 0.337 e. The van der Waals surface area contributed by atoms with Crippen LogP contribution < -0.4 is 0 Å². The first kappa shape index (κ1) is 8.07. The third kappa shape index (κ3) is 1.25. The molecule has 0 aliphatic heterocycles. The minimum atomic E-state index is -0.972. The molecule has 2 heterocycles. The van der Waals surface area contributed by atoms with Crippen LogP contribution in [-0.2, 0) is 0 Å². The van der Waals surface area contributed by atoms with E-state index in [-0.39, 0.29) is 5.56 Å². The minimum Gasteiger partial charge on any atom is -0.478 e. The van der Waals surface area contributed by atoms with Crippen LogP contribution in [0.15, 0.2) is 24.7 Å². The molecule has 0 amide bonds. The van der Waals surface area contributed by atoms with Crippen molar-refractivity contribution in [2.24, 2.45) is 0 Å². The summed E-state index contributed by atoms with van der Waals surface area (Å²) in [5.74, 6) is -0.972. The van der Waals surface area contributed by atoms with Gasteiger partial charge in [0.1, 0.15) is 0 Å². The number of rotatable bonds is 1. The summed E-state index contributed by atoms with van der Waals surface area (Å²) in [5, 5.41) is 9.00. The van der Waals surface area contributed by atoms with E-state index in [2.05, 4.69) is 4.98 Å². The molecule has 0 fully saturated rings. The first-order valence-electron chi connectivity index (χ1n) is 3.54. The van der Waals surface area contributed by atoms with Crippen LogP contribution in [0.4, 0.5) is 0 Å². The Morgan fingerprint density at radius 3 is 3.00 bits per heavy atom. The highest BCUT2D eigenvalue weighted by molar-refractivity contribution is 6.32. The lowest BCUT2D eigenvalue weighted by molar-refractivity contribution is 0.0697. The summed E-state index contributed by atoms with van der Waals surface area (Å²) in [4.78, 5) is 14.4. The molecule has 0 radical (unpaired) electrons. The molecule has 5 heteroatoms. The van der Waals surface area contributed by atoms with Crippen molar-refractivity contribution in [3.05, 3.63) is 35.4 Å². The Balaban J connectivity index is 2.75. The predicted molar refractivity (Wildman–Crippen MR) is 47.2 cm³/mol. The van der Waals surface area contributed by atoms with E-state index in [1.165, 1.54) is 18.5 Å². The SMILES string of the molecule is O=C(O)c1cc2c(Cl)nccn2c1. The van der Waals surface area contributed by atoms with E-state index in [0.29, 0.717) is 10.7 Å². The minimum absolute atomic E-state index is 0.204. The van der Waals surface area contributed by atoms with E-state index in [1.54, 1.807) is 10.6 Å². The Morgan fingerprint density at radius 2 is 2.38 bits per heavy atom. The fourth-order valence-corrected chi connectivity index (χ4v) is 1.33. The molecule has 66 valence electrons. The number of nitrogens with zero attached hydrogens (tertiary/aromatic N) is 2. The molecule has 0 aliphatic rings. The Labute approximate surface area is 78.4 Å². The second kappa shape index (κ2) is 2.74. The smallest absolute Gasteiger partial charge is 0.337 e. The normalized spacial score (nSPS) is 10.5. The van der Waals surface area contributed by atoms with Crippen LogP contribution in [0.25, 0.3) is 5.52 Å². The molecule has 0 aromatic carbocycles. The zero-order valence-corrected chi connectivity index (χ0v) is 7.19. The van der Waals surface area contributed by atoms with Crippen molar-refractivity contribution in [1.82, 2.24) is 9.38 Å². The molecule has 0 spiro atoms. The molecule has 13 heavy (non-hydrogen) atoms. The second-order valence-electron chi connectivity index (χ2n) is 2.54. The van der Waals surface area contributed by atoms with Gasteiger partial charge in [0.15, 0.2) is 5.15 Å². The molecule has 0 atom stereocenters. The van der Waals surface area contributed by atoms with Gasteiger partial charge in [-0.3, -0.25) is 0 Å². The van der Waals surface area contributed by atoms with Crippen LogP contribution in [-0.4, -0.2) is 20.5 Å². The lowest BCUT2D eigenvalue weighted by Crippen LogP contribution is -1.91. The van der Waals surface area contributed by atoms with Gasteiger partial charge in [-0.05, 0) is 6.07 Å². The Kier molecular flexibility index (Phi) is 1.70. The van der Waals surface area contributed by atoms with Gasteiger partial charge in [0.05, 0.1) is 11.1 Å². The summed E-state index contributed by atoms with van der Waals surface area (Å²) in [6, 6.07) is 1.48. The Morgan fingerprint density at radius 1 is 1.62 bits per heavy atom. The van der Waals surface area contributed by atoms with Gasteiger partial charge in [-0.1, -0.05) is 11.6 Å². The Bertz CT molecular complexity index is 478. The molecule has 0 aliphatic carbocycles. The van der Waals surface area contributed by atoms with Gasteiger partial charge >= 0.3 is 5.97 Å². The van der Waals surface area contributed by atoms with E-state index in [0.717, 1.165) is 0 Å². The quantitative estimate of drug-likeness (QED) is 0.755. The fourth-order valence-electron chi connectivity index (χ4n) is 1.12. The average molecular weight is 197 g/mol. The molecule has 2 rings (SSSR count). The second-order valence-corrected chi connectivity index (χ2v) is 2.90. The van der Waals surface area contributed by atoms with E-state index in [1.807, 2.05) is 0 Å². The first-order valence-corrected chi connectivity index (χ1v) is 3.92. The molecule has 2 aromatic rings. The van der Waals surface area contributed by atoms with E-state index >= 15 is 0 Å². The van der Waals surface area contributed by atoms with Gasteiger partial charge in [0, 0.05) is 18.6 Å². The number of carbonyl (C=O) groups is 1. The lowest BCUT2D eigenvalue weighted by atomic mass is 10.3. The topological polar surface area (TPSA) is 54.6 Å². The summed E-state index contributed by atoms with van der Waals surface area (Å²) in [6.45, 7) is 0. The number of carboxylic acids is 1. The van der Waals surface area contributed by atoms with Gasteiger partial charge in [0.25, 0.3) is 0 Å². The monoisotopic (exact) mass is 196 g/mol. The van der Waals surface area contributed by atoms with Crippen LogP contribution >= 0.6 is 11.6 Å². The molecule has 0 saturated heterocycles. The predicted octanol–water partition coefficient (Wildman–Crippen LogP) is 1.69. The summed E-state index contributed by atoms with van der Waals surface area (Å²) >= 11 is 5.75. The largest absolute Gasteiger partial charge is 0.478 e. The number of hydrogen-bond donors (Lipinski definition) is 1. The number of aromatic carboxylic acids is 1. The van der Waals surface area contributed by atoms with Crippen molar-refractivity contribution >= 4 is 23.1 Å². The van der Waals surface area contributed by atoms with Crippen LogP contribution in [0.5, 0.6) is 0 Å². The van der Waals surface area contributed by atoms with E-state index in [4.69, 9.17) is 16.7 Å². The van der Waals surface area contributed by atoms with Gasteiger partial charge in [-0.2, -0.15) is 0 Å². The summed E-state index contributed by atoms with van der Waals surface area (Å²) in [5.41, 5.74) is 0.802. The van der Waals surface area contributed by atoms with Crippen molar-refractivity contribution in [2.45, 2.75) is 0 Å². The maximum atomic E-state index is 10.6. The maximum absolute atomic E-state index is 10.6. The standard InChI is InChI=1S/C8H5ClN2O2/c9-7-6-3-5(8(12)13)4-11(6)2-1-10-7/h1-4H,(H,12,13). The third-order valence-corrected chi connectivity index (χ3v) is 2.01. The zero-order valence-electron chi connectivity index (χ0n) is 6.44. The zero-order chi connectivity index (χ0) is 9.42. The summed E-state index contributed by atoms with van der Waals surface area (Å²) < 4.78 is 1.62. The molecule has 2 aromatic heterocycles. The van der Waals surface area contributed by atoms with Gasteiger partial charge in [0.2, 0.25) is 0 Å². The lowest BCUT2D eigenvalue weighted by Gasteiger charge is -1.92. The first-order chi connectivity index (χ1) is 6.18. The summed E-state index contributed by atoms with van der Waals surface area (Å²) in [7, 11) is 0. The summed E-state index contributed by atoms with van der Waals surface area (Å²) in [6.07, 6.45) is 4.65. The number of carboxylic acid groups (broad SMARTS) is 1.